The van der Waals surface area contributed by atoms with Crippen LogP contribution in [0.4, 0.5) is 0 Å². The molecule has 32 heavy (non-hydrogen) atoms. The minimum Gasteiger partial charge on any atom is -0.465 e. The third-order valence-electron chi connectivity index (χ3n) is 4.35. The molecule has 0 fully saturated rings. The zero-order valence-corrected chi connectivity index (χ0v) is 19.8. The highest BCUT2D eigenvalue weighted by Crippen LogP contribution is 2.12. The van der Waals surface area contributed by atoms with Gasteiger partial charge in [0.1, 0.15) is 18.2 Å². The molecule has 0 bridgehead atoms. The lowest BCUT2D eigenvalue weighted by Gasteiger charge is -2.28. The third kappa shape index (κ3) is 10.9. The van der Waals surface area contributed by atoms with E-state index in [1.54, 1.807) is 39.8 Å². The van der Waals surface area contributed by atoms with Crippen LogP contribution in [-0.4, -0.2) is 60.0 Å². The van der Waals surface area contributed by atoms with Gasteiger partial charge in [-0.3, -0.25) is 19.2 Å². The summed E-state index contributed by atoms with van der Waals surface area (Å²) in [7, 11) is 0. The van der Waals surface area contributed by atoms with Crippen molar-refractivity contribution in [2.24, 2.45) is 0 Å². The van der Waals surface area contributed by atoms with E-state index in [0.717, 1.165) is 12.0 Å². The van der Waals surface area contributed by atoms with Gasteiger partial charge in [0.15, 0.2) is 0 Å². The molecule has 8 heteroatoms. The Hall–Kier alpha value is -2.90. The van der Waals surface area contributed by atoms with Crippen molar-refractivity contribution in [1.82, 2.24) is 10.2 Å². The summed E-state index contributed by atoms with van der Waals surface area (Å²) in [6.07, 6.45) is 1.21. The fourth-order valence-electron chi connectivity index (χ4n) is 2.98. The fraction of sp³-hybridized carbons (Fsp3) is 0.583. The van der Waals surface area contributed by atoms with E-state index in [4.69, 9.17) is 9.47 Å². The van der Waals surface area contributed by atoms with Crippen molar-refractivity contribution >= 4 is 23.8 Å². The summed E-state index contributed by atoms with van der Waals surface area (Å²) in [5.74, 6) is -2.06. The predicted octanol–water partition coefficient (Wildman–Crippen LogP) is 2.64. The van der Waals surface area contributed by atoms with Crippen LogP contribution in [0.25, 0.3) is 0 Å². The summed E-state index contributed by atoms with van der Waals surface area (Å²) < 4.78 is 10.3. The average Bonchev–Trinajstić information content (AvgIpc) is 2.69. The van der Waals surface area contributed by atoms with Crippen LogP contribution in [0, 0.1) is 0 Å². The Morgan fingerprint density at radius 2 is 1.69 bits per heavy atom. The molecule has 8 nitrogen and oxygen atoms in total. The number of amides is 2. The van der Waals surface area contributed by atoms with E-state index in [0.29, 0.717) is 13.0 Å². The fourth-order valence-corrected chi connectivity index (χ4v) is 2.98. The molecule has 0 aliphatic heterocycles. The number of nitrogens with one attached hydrogen (secondary N) is 1. The zero-order valence-electron chi connectivity index (χ0n) is 19.8. The largest absolute Gasteiger partial charge is 0.465 e. The van der Waals surface area contributed by atoms with Crippen molar-refractivity contribution < 1.29 is 28.7 Å². The maximum atomic E-state index is 13.3. The molecule has 1 aromatic carbocycles. The Bertz CT molecular complexity index is 758. The molecule has 0 radical (unpaired) electrons. The molecule has 1 aromatic rings. The molecule has 1 atom stereocenters. The molecule has 0 aromatic heterocycles. The van der Waals surface area contributed by atoms with Gasteiger partial charge in [-0.1, -0.05) is 43.7 Å². The Balaban J connectivity index is 3.02. The monoisotopic (exact) mass is 448 g/mol. The molecule has 2 amide bonds. The van der Waals surface area contributed by atoms with Gasteiger partial charge in [0.2, 0.25) is 11.8 Å². The lowest BCUT2D eigenvalue weighted by molar-refractivity contribution is -0.158. The molecular weight excluding hydrogens is 412 g/mol. The molecular formula is C24H36N2O6. The number of nitrogens with zero attached hydrogens (tertiary/aromatic N) is 1. The summed E-state index contributed by atoms with van der Waals surface area (Å²) in [5, 5.41) is 2.66. The van der Waals surface area contributed by atoms with Crippen LogP contribution in [-0.2, 0) is 35.1 Å². The molecule has 0 saturated carbocycles. The van der Waals surface area contributed by atoms with E-state index in [2.05, 4.69) is 5.32 Å². The highest BCUT2D eigenvalue weighted by atomic mass is 16.6. The lowest BCUT2D eigenvalue weighted by Crippen LogP contribution is -2.51. The Morgan fingerprint density at radius 1 is 1.03 bits per heavy atom. The topological polar surface area (TPSA) is 102 Å². The van der Waals surface area contributed by atoms with E-state index in [1.165, 1.54) is 4.90 Å². The van der Waals surface area contributed by atoms with Gasteiger partial charge in [-0.15, -0.1) is 0 Å². The number of carbonyl (C=O) groups excluding carboxylic acids is 4. The van der Waals surface area contributed by atoms with Crippen LogP contribution in [0.2, 0.25) is 0 Å². The Kier molecular flexibility index (Phi) is 11.4. The van der Waals surface area contributed by atoms with E-state index >= 15 is 0 Å². The summed E-state index contributed by atoms with van der Waals surface area (Å²) in [6.45, 7) is 9.10. The second-order valence-electron chi connectivity index (χ2n) is 8.49. The van der Waals surface area contributed by atoms with Gasteiger partial charge in [-0.2, -0.15) is 0 Å². The van der Waals surface area contributed by atoms with Crippen LogP contribution < -0.4 is 5.32 Å². The number of carbonyl (C=O) groups is 4. The first-order valence-corrected chi connectivity index (χ1v) is 11.0. The normalized spacial score (nSPS) is 11.9. The van der Waals surface area contributed by atoms with E-state index in [9.17, 15) is 19.2 Å². The van der Waals surface area contributed by atoms with Crippen LogP contribution in [0.3, 0.4) is 0 Å². The van der Waals surface area contributed by atoms with Crippen molar-refractivity contribution in [1.29, 1.82) is 0 Å². The molecule has 0 aliphatic carbocycles. The maximum Gasteiger partial charge on any atom is 0.325 e. The number of ether oxygens (including phenoxy) is 2. The lowest BCUT2D eigenvalue weighted by atomic mass is 10.1. The van der Waals surface area contributed by atoms with Crippen LogP contribution >= 0.6 is 0 Å². The first-order chi connectivity index (χ1) is 15.1. The second kappa shape index (κ2) is 13.5. The number of hydrogen-bond acceptors (Lipinski definition) is 6. The Labute approximate surface area is 190 Å². The SMILES string of the molecule is CCCCN(CC(=O)OCC)C(=O)[C@H](CC(=O)OC(C)(C)C)NC(=O)Cc1ccccc1. The van der Waals surface area contributed by atoms with E-state index < -0.39 is 35.4 Å². The van der Waals surface area contributed by atoms with Gasteiger partial charge in [0.05, 0.1) is 19.4 Å². The molecule has 0 saturated heterocycles. The number of hydrogen-bond donors (Lipinski definition) is 1. The summed E-state index contributed by atoms with van der Waals surface area (Å²) in [4.78, 5) is 51.7. The van der Waals surface area contributed by atoms with Crippen molar-refractivity contribution in [2.45, 2.75) is 71.9 Å². The highest BCUT2D eigenvalue weighted by Gasteiger charge is 2.31. The molecule has 0 unspecified atom stereocenters. The van der Waals surface area contributed by atoms with Crippen molar-refractivity contribution in [3.05, 3.63) is 35.9 Å². The molecule has 1 N–H and O–H groups in total. The third-order valence-corrected chi connectivity index (χ3v) is 4.35. The smallest absolute Gasteiger partial charge is 0.325 e. The minimum atomic E-state index is -1.15. The van der Waals surface area contributed by atoms with Crippen molar-refractivity contribution in [3.63, 3.8) is 0 Å². The maximum absolute atomic E-state index is 13.3. The summed E-state index contributed by atoms with van der Waals surface area (Å²) in [6, 6.07) is 7.94. The van der Waals surface area contributed by atoms with E-state index in [1.807, 2.05) is 25.1 Å². The van der Waals surface area contributed by atoms with Gasteiger partial charge < -0.3 is 19.7 Å². The van der Waals surface area contributed by atoms with Crippen LogP contribution in [0.5, 0.6) is 0 Å². The summed E-state index contributed by atoms with van der Waals surface area (Å²) >= 11 is 0. The van der Waals surface area contributed by atoms with Gasteiger partial charge in [-0.05, 0) is 39.7 Å². The average molecular weight is 449 g/mol. The molecule has 0 aliphatic rings. The summed E-state index contributed by atoms with van der Waals surface area (Å²) in [5.41, 5.74) is 0.0498. The van der Waals surface area contributed by atoms with Gasteiger partial charge in [0.25, 0.3) is 0 Å². The second-order valence-corrected chi connectivity index (χ2v) is 8.49. The highest BCUT2D eigenvalue weighted by molar-refractivity contribution is 5.93. The number of unbranched alkanes of at least 4 members (excludes halogenated alkanes) is 1. The van der Waals surface area contributed by atoms with Crippen LogP contribution in [0.1, 0.15) is 59.4 Å². The Morgan fingerprint density at radius 3 is 2.25 bits per heavy atom. The first-order valence-electron chi connectivity index (χ1n) is 11.0. The van der Waals surface area contributed by atoms with Gasteiger partial charge in [0, 0.05) is 6.54 Å². The standard InChI is InChI=1S/C24H36N2O6/c1-6-8-14-26(17-22(29)31-7-2)23(30)19(16-21(28)32-24(3,4)5)25-20(27)15-18-12-10-9-11-13-18/h9-13,19H,6-8,14-17H2,1-5H3,(H,25,27)/t19-/m0/s1. The molecule has 0 spiro atoms. The molecule has 1 rings (SSSR count). The first kappa shape index (κ1) is 27.1. The number of rotatable bonds is 12. The zero-order chi connectivity index (χ0) is 24.1. The number of benzene rings is 1. The molecule has 0 heterocycles. The van der Waals surface area contributed by atoms with Crippen molar-refractivity contribution in [3.8, 4) is 0 Å². The van der Waals surface area contributed by atoms with Crippen molar-refractivity contribution in [2.75, 3.05) is 19.7 Å². The quantitative estimate of drug-likeness (QED) is 0.493. The van der Waals surface area contributed by atoms with Gasteiger partial charge in [-0.25, -0.2) is 0 Å². The minimum absolute atomic E-state index is 0.0613. The van der Waals surface area contributed by atoms with Gasteiger partial charge >= 0.3 is 11.9 Å². The predicted molar refractivity (Wildman–Crippen MR) is 121 cm³/mol. The number of esters is 2. The van der Waals surface area contributed by atoms with Crippen LogP contribution in [0.15, 0.2) is 30.3 Å². The van der Waals surface area contributed by atoms with E-state index in [-0.39, 0.29) is 26.0 Å². The molecule has 178 valence electrons.